The van der Waals surface area contributed by atoms with Gasteiger partial charge in [0.1, 0.15) is 0 Å². The molecule has 1 atom stereocenters. The molecule has 0 aliphatic heterocycles. The van der Waals surface area contributed by atoms with Crippen LogP contribution in [0.1, 0.15) is 32.1 Å². The van der Waals surface area contributed by atoms with Crippen molar-refractivity contribution in [3.05, 3.63) is 0 Å². The molecule has 0 spiro atoms. The highest BCUT2D eigenvalue weighted by Gasteiger charge is 2.23. The zero-order valence-electron chi connectivity index (χ0n) is 7.33. The maximum absolute atomic E-state index is 10.6. The quantitative estimate of drug-likeness (QED) is 0.668. The Balaban J connectivity index is 2.30. The Morgan fingerprint density at radius 1 is 1.50 bits per heavy atom. The van der Waals surface area contributed by atoms with Crippen molar-refractivity contribution in [2.24, 2.45) is 17.6 Å². The minimum atomic E-state index is -0.732. The average molecular weight is 171 g/mol. The molecule has 3 N–H and O–H groups in total. The van der Waals surface area contributed by atoms with E-state index >= 15 is 0 Å². The SMILES string of the molecule is NC[C@@H](CC1CCCC1)C(=O)O. The molecule has 0 heterocycles. The fourth-order valence-corrected chi connectivity index (χ4v) is 1.95. The van der Waals surface area contributed by atoms with Crippen LogP contribution < -0.4 is 5.73 Å². The molecule has 3 heteroatoms. The smallest absolute Gasteiger partial charge is 0.307 e. The van der Waals surface area contributed by atoms with E-state index in [1.807, 2.05) is 0 Å². The number of rotatable bonds is 4. The van der Waals surface area contributed by atoms with Gasteiger partial charge >= 0.3 is 5.97 Å². The summed E-state index contributed by atoms with van der Waals surface area (Å²) in [6, 6.07) is 0. The maximum Gasteiger partial charge on any atom is 0.307 e. The van der Waals surface area contributed by atoms with Crippen molar-refractivity contribution in [2.75, 3.05) is 6.54 Å². The van der Waals surface area contributed by atoms with Gasteiger partial charge in [0.25, 0.3) is 0 Å². The van der Waals surface area contributed by atoms with Crippen LogP contribution in [0, 0.1) is 11.8 Å². The Morgan fingerprint density at radius 2 is 2.08 bits per heavy atom. The van der Waals surface area contributed by atoms with Crippen molar-refractivity contribution in [1.29, 1.82) is 0 Å². The second-order valence-corrected chi connectivity index (χ2v) is 3.66. The minimum Gasteiger partial charge on any atom is -0.481 e. The van der Waals surface area contributed by atoms with Crippen LogP contribution in [0.5, 0.6) is 0 Å². The van der Waals surface area contributed by atoms with E-state index in [0.29, 0.717) is 5.92 Å². The van der Waals surface area contributed by atoms with Crippen LogP contribution in [0.25, 0.3) is 0 Å². The number of aliphatic carboxylic acids is 1. The Hall–Kier alpha value is -0.570. The summed E-state index contributed by atoms with van der Waals surface area (Å²) in [4.78, 5) is 10.6. The standard InChI is InChI=1S/C9H17NO2/c10-6-8(9(11)12)5-7-3-1-2-4-7/h7-8H,1-6,10H2,(H,11,12)/t8-/m1/s1. The Morgan fingerprint density at radius 3 is 2.50 bits per heavy atom. The van der Waals surface area contributed by atoms with E-state index < -0.39 is 5.97 Å². The summed E-state index contributed by atoms with van der Waals surface area (Å²) in [7, 11) is 0. The molecule has 0 aromatic heterocycles. The van der Waals surface area contributed by atoms with Gasteiger partial charge < -0.3 is 10.8 Å². The second kappa shape index (κ2) is 4.45. The Labute approximate surface area is 72.9 Å². The number of nitrogens with two attached hydrogens (primary N) is 1. The first kappa shape index (κ1) is 9.52. The lowest BCUT2D eigenvalue weighted by atomic mass is 9.93. The van der Waals surface area contributed by atoms with Crippen LogP contribution in [0.2, 0.25) is 0 Å². The van der Waals surface area contributed by atoms with Gasteiger partial charge in [0, 0.05) is 6.54 Å². The summed E-state index contributed by atoms with van der Waals surface area (Å²) < 4.78 is 0. The molecule has 0 radical (unpaired) electrons. The summed E-state index contributed by atoms with van der Waals surface area (Å²) in [5, 5.41) is 8.75. The average Bonchev–Trinajstić information content (AvgIpc) is 2.51. The molecule has 0 aromatic rings. The largest absolute Gasteiger partial charge is 0.481 e. The number of carboxylic acid groups (broad SMARTS) is 1. The van der Waals surface area contributed by atoms with E-state index in [4.69, 9.17) is 10.8 Å². The van der Waals surface area contributed by atoms with E-state index in [-0.39, 0.29) is 12.5 Å². The summed E-state index contributed by atoms with van der Waals surface area (Å²) in [6.45, 7) is 0.284. The van der Waals surface area contributed by atoms with E-state index in [9.17, 15) is 4.79 Å². The summed E-state index contributed by atoms with van der Waals surface area (Å²) in [5.74, 6) is -0.424. The molecular weight excluding hydrogens is 154 g/mol. The first-order chi connectivity index (χ1) is 5.74. The highest BCUT2D eigenvalue weighted by Crippen LogP contribution is 2.30. The molecule has 0 amide bonds. The highest BCUT2D eigenvalue weighted by atomic mass is 16.4. The number of carboxylic acids is 1. The first-order valence-electron chi connectivity index (χ1n) is 4.67. The molecule has 12 heavy (non-hydrogen) atoms. The van der Waals surface area contributed by atoms with Gasteiger partial charge in [-0.15, -0.1) is 0 Å². The van der Waals surface area contributed by atoms with Crippen molar-refractivity contribution < 1.29 is 9.90 Å². The first-order valence-corrected chi connectivity index (χ1v) is 4.67. The maximum atomic E-state index is 10.6. The summed E-state index contributed by atoms with van der Waals surface area (Å²) >= 11 is 0. The fraction of sp³-hybridized carbons (Fsp3) is 0.889. The van der Waals surface area contributed by atoms with E-state index in [2.05, 4.69) is 0 Å². The number of hydrogen-bond acceptors (Lipinski definition) is 2. The molecule has 70 valence electrons. The van der Waals surface area contributed by atoms with Gasteiger partial charge in [-0.05, 0) is 12.3 Å². The van der Waals surface area contributed by atoms with Gasteiger partial charge in [0.05, 0.1) is 5.92 Å². The topological polar surface area (TPSA) is 63.3 Å². The normalized spacial score (nSPS) is 21.1. The zero-order chi connectivity index (χ0) is 8.97. The van der Waals surface area contributed by atoms with Crippen LogP contribution in [0.15, 0.2) is 0 Å². The summed E-state index contributed by atoms with van der Waals surface area (Å²) in [5.41, 5.74) is 5.37. The Kier molecular flexibility index (Phi) is 3.53. The van der Waals surface area contributed by atoms with Gasteiger partial charge in [-0.3, -0.25) is 4.79 Å². The minimum absolute atomic E-state index is 0.284. The van der Waals surface area contributed by atoms with E-state index in [1.165, 1.54) is 25.7 Å². The molecule has 1 aliphatic rings. The molecule has 1 fully saturated rings. The van der Waals surface area contributed by atoms with Crippen molar-refractivity contribution in [2.45, 2.75) is 32.1 Å². The van der Waals surface area contributed by atoms with E-state index in [1.54, 1.807) is 0 Å². The van der Waals surface area contributed by atoms with Crippen LogP contribution in [0.3, 0.4) is 0 Å². The monoisotopic (exact) mass is 171 g/mol. The van der Waals surface area contributed by atoms with E-state index in [0.717, 1.165) is 6.42 Å². The molecular formula is C9H17NO2. The molecule has 0 bridgehead atoms. The summed E-state index contributed by atoms with van der Waals surface area (Å²) in [6.07, 6.45) is 5.71. The molecule has 1 saturated carbocycles. The zero-order valence-corrected chi connectivity index (χ0v) is 7.33. The van der Waals surface area contributed by atoms with Gasteiger partial charge in [-0.25, -0.2) is 0 Å². The predicted octanol–water partition coefficient (Wildman–Crippen LogP) is 1.23. The number of hydrogen-bond donors (Lipinski definition) is 2. The second-order valence-electron chi connectivity index (χ2n) is 3.66. The van der Waals surface area contributed by atoms with Gasteiger partial charge in [0.15, 0.2) is 0 Å². The van der Waals surface area contributed by atoms with Crippen molar-refractivity contribution >= 4 is 5.97 Å². The van der Waals surface area contributed by atoms with Gasteiger partial charge in [0.2, 0.25) is 0 Å². The van der Waals surface area contributed by atoms with Crippen molar-refractivity contribution in [3.8, 4) is 0 Å². The predicted molar refractivity (Wildman–Crippen MR) is 46.8 cm³/mol. The van der Waals surface area contributed by atoms with Gasteiger partial charge in [-0.1, -0.05) is 25.7 Å². The van der Waals surface area contributed by atoms with Crippen LogP contribution in [0.4, 0.5) is 0 Å². The fourth-order valence-electron chi connectivity index (χ4n) is 1.95. The lowest BCUT2D eigenvalue weighted by molar-refractivity contribution is -0.141. The molecule has 0 saturated heterocycles. The van der Waals surface area contributed by atoms with Gasteiger partial charge in [-0.2, -0.15) is 0 Å². The lowest BCUT2D eigenvalue weighted by Crippen LogP contribution is -2.25. The molecule has 1 aliphatic carbocycles. The van der Waals surface area contributed by atoms with Crippen molar-refractivity contribution in [3.63, 3.8) is 0 Å². The molecule has 0 unspecified atom stereocenters. The van der Waals surface area contributed by atoms with Crippen LogP contribution in [-0.2, 0) is 4.79 Å². The highest BCUT2D eigenvalue weighted by molar-refractivity contribution is 5.70. The molecule has 1 rings (SSSR count). The number of carbonyl (C=O) groups is 1. The lowest BCUT2D eigenvalue weighted by Gasteiger charge is -2.14. The Bertz CT molecular complexity index is 153. The van der Waals surface area contributed by atoms with Crippen LogP contribution >= 0.6 is 0 Å². The molecule has 0 aromatic carbocycles. The third-order valence-electron chi connectivity index (χ3n) is 2.73. The molecule has 3 nitrogen and oxygen atoms in total. The third kappa shape index (κ3) is 2.48. The van der Waals surface area contributed by atoms with Crippen LogP contribution in [-0.4, -0.2) is 17.6 Å². The van der Waals surface area contributed by atoms with Crippen molar-refractivity contribution in [1.82, 2.24) is 0 Å². The third-order valence-corrected chi connectivity index (χ3v) is 2.73.